The van der Waals surface area contributed by atoms with E-state index in [2.05, 4.69) is 10.2 Å². The molecule has 1 unspecified atom stereocenters. The number of likely N-dealkylation sites (tertiary alicyclic amines) is 1. The Balaban J connectivity index is 1.66. The van der Waals surface area contributed by atoms with Crippen LogP contribution in [0.5, 0.6) is 0 Å². The van der Waals surface area contributed by atoms with Crippen LogP contribution < -0.4 is 11.1 Å². The summed E-state index contributed by atoms with van der Waals surface area (Å²) in [6.07, 6.45) is 5.87. The van der Waals surface area contributed by atoms with Gasteiger partial charge in [-0.2, -0.15) is 0 Å². The van der Waals surface area contributed by atoms with Crippen LogP contribution in [0.1, 0.15) is 32.1 Å². The molecule has 1 atom stereocenters. The summed E-state index contributed by atoms with van der Waals surface area (Å²) >= 11 is 0. The van der Waals surface area contributed by atoms with Gasteiger partial charge in [0.1, 0.15) is 5.54 Å². The van der Waals surface area contributed by atoms with Crippen LogP contribution in [0.3, 0.4) is 0 Å². The number of carbonyl (C=O) groups excluding carboxylic acids is 1. The van der Waals surface area contributed by atoms with Crippen molar-refractivity contribution in [3.63, 3.8) is 0 Å². The van der Waals surface area contributed by atoms with Crippen molar-refractivity contribution in [2.24, 2.45) is 5.73 Å². The molecule has 3 N–H and O–H groups in total. The second-order valence-corrected chi connectivity index (χ2v) is 5.47. The minimum absolute atomic E-state index is 0.0604. The molecule has 18 heavy (non-hydrogen) atoms. The number of nitrogens with two attached hydrogens (primary N) is 1. The van der Waals surface area contributed by atoms with E-state index in [1.54, 1.807) is 0 Å². The summed E-state index contributed by atoms with van der Waals surface area (Å²) in [6, 6.07) is 0. The fourth-order valence-electron chi connectivity index (χ4n) is 2.62. The molecule has 104 valence electrons. The minimum atomic E-state index is -0.793. The van der Waals surface area contributed by atoms with Crippen LogP contribution in [0.2, 0.25) is 0 Å². The zero-order valence-electron chi connectivity index (χ0n) is 11.1. The first kappa shape index (κ1) is 13.8. The Morgan fingerprint density at radius 2 is 2.00 bits per heavy atom. The largest absolute Gasteiger partial charge is 0.379 e. The van der Waals surface area contributed by atoms with Crippen molar-refractivity contribution in [2.75, 3.05) is 39.4 Å². The summed E-state index contributed by atoms with van der Waals surface area (Å²) in [5.74, 6) is -0.0604. The molecule has 2 fully saturated rings. The van der Waals surface area contributed by atoms with Crippen LogP contribution in [0.4, 0.5) is 0 Å². The van der Waals surface area contributed by atoms with E-state index in [1.165, 1.54) is 25.7 Å². The molecular weight excluding hydrogens is 230 g/mol. The van der Waals surface area contributed by atoms with Gasteiger partial charge in [0.15, 0.2) is 0 Å². The molecule has 0 aromatic carbocycles. The molecule has 0 spiro atoms. The van der Waals surface area contributed by atoms with Gasteiger partial charge in [0, 0.05) is 19.7 Å². The van der Waals surface area contributed by atoms with Crippen molar-refractivity contribution in [1.82, 2.24) is 10.2 Å². The summed E-state index contributed by atoms with van der Waals surface area (Å²) < 4.78 is 5.20. The third-order valence-electron chi connectivity index (χ3n) is 3.92. The second-order valence-electron chi connectivity index (χ2n) is 5.47. The molecule has 1 amide bonds. The predicted octanol–water partition coefficient (Wildman–Crippen LogP) is 0.0964. The standard InChI is InChI=1S/C13H25N3O2/c14-13(5-10-18-11-13)12(17)15-6-9-16-7-3-1-2-4-8-16/h1-11,14H2,(H,15,17). The Hall–Kier alpha value is -0.650. The van der Waals surface area contributed by atoms with Crippen LogP contribution in [0.25, 0.3) is 0 Å². The van der Waals surface area contributed by atoms with Gasteiger partial charge in [0.2, 0.25) is 5.91 Å². The van der Waals surface area contributed by atoms with Gasteiger partial charge in [-0.1, -0.05) is 12.8 Å². The van der Waals surface area contributed by atoms with E-state index >= 15 is 0 Å². The highest BCUT2D eigenvalue weighted by atomic mass is 16.5. The van der Waals surface area contributed by atoms with Gasteiger partial charge in [0.25, 0.3) is 0 Å². The van der Waals surface area contributed by atoms with Gasteiger partial charge in [0.05, 0.1) is 6.61 Å². The smallest absolute Gasteiger partial charge is 0.242 e. The molecular formula is C13H25N3O2. The zero-order valence-corrected chi connectivity index (χ0v) is 11.1. The lowest BCUT2D eigenvalue weighted by molar-refractivity contribution is -0.126. The minimum Gasteiger partial charge on any atom is -0.379 e. The molecule has 0 aromatic heterocycles. The van der Waals surface area contributed by atoms with Crippen LogP contribution in [-0.2, 0) is 9.53 Å². The van der Waals surface area contributed by atoms with Gasteiger partial charge < -0.3 is 20.7 Å². The number of nitrogens with zero attached hydrogens (tertiary/aromatic N) is 1. The predicted molar refractivity (Wildman–Crippen MR) is 70.3 cm³/mol. The van der Waals surface area contributed by atoms with Crippen LogP contribution >= 0.6 is 0 Å². The fourth-order valence-corrected chi connectivity index (χ4v) is 2.62. The van der Waals surface area contributed by atoms with Crippen molar-refractivity contribution in [1.29, 1.82) is 0 Å². The van der Waals surface area contributed by atoms with Crippen LogP contribution in [-0.4, -0.2) is 55.7 Å². The third-order valence-corrected chi connectivity index (χ3v) is 3.92. The molecule has 2 aliphatic rings. The Kier molecular flexibility index (Phi) is 4.97. The maximum absolute atomic E-state index is 11.9. The molecule has 5 heteroatoms. The number of amides is 1. The maximum Gasteiger partial charge on any atom is 0.242 e. The van der Waals surface area contributed by atoms with E-state index < -0.39 is 5.54 Å². The van der Waals surface area contributed by atoms with Gasteiger partial charge in [-0.15, -0.1) is 0 Å². The molecule has 5 nitrogen and oxygen atoms in total. The maximum atomic E-state index is 11.9. The summed E-state index contributed by atoms with van der Waals surface area (Å²) in [5, 5.41) is 2.95. The summed E-state index contributed by atoms with van der Waals surface area (Å²) in [7, 11) is 0. The van der Waals surface area contributed by atoms with Gasteiger partial charge in [-0.3, -0.25) is 4.79 Å². The first-order valence-electron chi connectivity index (χ1n) is 7.08. The average molecular weight is 255 g/mol. The van der Waals surface area contributed by atoms with E-state index in [1.807, 2.05) is 0 Å². The summed E-state index contributed by atoms with van der Waals surface area (Å²) in [6.45, 7) is 4.89. The Morgan fingerprint density at radius 1 is 1.28 bits per heavy atom. The lowest BCUT2D eigenvalue weighted by atomic mass is 9.99. The second kappa shape index (κ2) is 6.50. The average Bonchev–Trinajstić information content (AvgIpc) is 2.65. The molecule has 0 aromatic rings. The van der Waals surface area contributed by atoms with Crippen molar-refractivity contribution in [3.05, 3.63) is 0 Å². The topological polar surface area (TPSA) is 67.6 Å². The van der Waals surface area contributed by atoms with Gasteiger partial charge in [-0.05, 0) is 32.4 Å². The van der Waals surface area contributed by atoms with Crippen LogP contribution in [0, 0.1) is 0 Å². The molecule has 0 saturated carbocycles. The molecule has 0 bridgehead atoms. The summed E-state index contributed by atoms with van der Waals surface area (Å²) in [5.41, 5.74) is 5.20. The van der Waals surface area contributed by atoms with E-state index in [0.29, 0.717) is 26.2 Å². The number of ether oxygens (including phenoxy) is 1. The lowest BCUT2D eigenvalue weighted by Crippen LogP contribution is -2.55. The third kappa shape index (κ3) is 3.67. The number of hydrogen-bond donors (Lipinski definition) is 2. The lowest BCUT2D eigenvalue weighted by Gasteiger charge is -2.23. The highest BCUT2D eigenvalue weighted by molar-refractivity contribution is 5.86. The monoisotopic (exact) mass is 255 g/mol. The number of nitrogens with one attached hydrogen (secondary N) is 1. The van der Waals surface area contributed by atoms with Crippen molar-refractivity contribution < 1.29 is 9.53 Å². The Bertz CT molecular complexity index is 269. The molecule has 0 radical (unpaired) electrons. The number of hydrogen-bond acceptors (Lipinski definition) is 4. The van der Waals surface area contributed by atoms with E-state index in [4.69, 9.17) is 10.5 Å². The highest BCUT2D eigenvalue weighted by Gasteiger charge is 2.37. The first-order chi connectivity index (χ1) is 8.71. The van der Waals surface area contributed by atoms with E-state index in [-0.39, 0.29) is 5.91 Å². The number of carbonyl (C=O) groups is 1. The van der Waals surface area contributed by atoms with Crippen molar-refractivity contribution >= 4 is 5.91 Å². The quantitative estimate of drug-likeness (QED) is 0.747. The van der Waals surface area contributed by atoms with Gasteiger partial charge >= 0.3 is 0 Å². The van der Waals surface area contributed by atoms with E-state index in [0.717, 1.165) is 19.6 Å². The van der Waals surface area contributed by atoms with Crippen LogP contribution in [0.15, 0.2) is 0 Å². The summed E-state index contributed by atoms with van der Waals surface area (Å²) in [4.78, 5) is 14.4. The van der Waals surface area contributed by atoms with E-state index in [9.17, 15) is 4.79 Å². The number of rotatable bonds is 4. The molecule has 2 rings (SSSR count). The molecule has 2 saturated heterocycles. The normalized spacial score (nSPS) is 30.1. The van der Waals surface area contributed by atoms with Crippen molar-refractivity contribution in [3.8, 4) is 0 Å². The van der Waals surface area contributed by atoms with Gasteiger partial charge in [-0.25, -0.2) is 0 Å². The SMILES string of the molecule is NC1(C(=O)NCCN2CCCCCC2)CCOC1. The Morgan fingerprint density at radius 3 is 2.61 bits per heavy atom. The molecule has 2 heterocycles. The molecule has 2 aliphatic heterocycles. The fraction of sp³-hybridized carbons (Fsp3) is 0.923. The zero-order chi connectivity index (χ0) is 12.8. The molecule has 0 aliphatic carbocycles. The Labute approximate surface area is 109 Å². The van der Waals surface area contributed by atoms with Crippen molar-refractivity contribution in [2.45, 2.75) is 37.6 Å². The first-order valence-corrected chi connectivity index (χ1v) is 7.08. The highest BCUT2D eigenvalue weighted by Crippen LogP contribution is 2.15.